The van der Waals surface area contributed by atoms with Crippen LogP contribution in [0, 0.1) is 0 Å². The average Bonchev–Trinajstić information content (AvgIpc) is 3.15. The fourth-order valence-corrected chi connectivity index (χ4v) is 4.38. The number of thiazole rings is 1. The van der Waals surface area contributed by atoms with E-state index < -0.39 is 23.3 Å². The first-order chi connectivity index (χ1) is 15.4. The van der Waals surface area contributed by atoms with E-state index in [0.29, 0.717) is 33.0 Å². The predicted molar refractivity (Wildman–Crippen MR) is 123 cm³/mol. The fraction of sp³-hybridized carbons (Fsp3) is 0.304. The molecule has 1 heterocycles. The highest BCUT2D eigenvalue weighted by Gasteiger charge is 2.30. The molecule has 0 saturated carbocycles. The minimum absolute atomic E-state index is 0.223. The summed E-state index contributed by atoms with van der Waals surface area (Å²) in [4.78, 5) is 16.7. The van der Waals surface area contributed by atoms with E-state index >= 15 is 0 Å². The topological polar surface area (TPSA) is 68.7 Å². The van der Waals surface area contributed by atoms with Gasteiger partial charge in [0.2, 0.25) is 0 Å². The maximum atomic E-state index is 12.8. The second kappa shape index (κ2) is 9.72. The molecule has 1 aromatic heterocycles. The summed E-state index contributed by atoms with van der Waals surface area (Å²) >= 11 is 4.78. The van der Waals surface area contributed by atoms with E-state index in [-0.39, 0.29) is 6.61 Å². The third kappa shape index (κ3) is 6.05. The lowest BCUT2D eigenvalue weighted by Crippen LogP contribution is -2.37. The van der Waals surface area contributed by atoms with Crippen LogP contribution in [0.5, 0.6) is 11.5 Å². The molecule has 0 radical (unpaired) electrons. The molecule has 0 saturated heterocycles. The Hall–Kier alpha value is -2.59. The van der Waals surface area contributed by atoms with Crippen molar-refractivity contribution in [2.45, 2.75) is 45.6 Å². The molecular formula is C23H21BrF3NO4S. The smallest absolute Gasteiger partial charge is 0.416 e. The Morgan fingerprint density at radius 2 is 1.82 bits per heavy atom. The molecule has 0 amide bonds. The maximum absolute atomic E-state index is 12.8. The van der Waals surface area contributed by atoms with Crippen LogP contribution in [0.4, 0.5) is 13.2 Å². The number of aromatic nitrogens is 1. The van der Waals surface area contributed by atoms with Gasteiger partial charge in [-0.1, -0.05) is 19.1 Å². The number of halogens is 4. The zero-order valence-corrected chi connectivity index (χ0v) is 20.4. The van der Waals surface area contributed by atoms with Crippen molar-refractivity contribution in [1.29, 1.82) is 0 Å². The summed E-state index contributed by atoms with van der Waals surface area (Å²) in [6.45, 7) is 5.08. The van der Waals surface area contributed by atoms with Gasteiger partial charge < -0.3 is 14.6 Å². The molecule has 0 atom stereocenters. The van der Waals surface area contributed by atoms with Crippen molar-refractivity contribution >= 4 is 33.2 Å². The van der Waals surface area contributed by atoms with Gasteiger partial charge in [-0.25, -0.2) is 9.78 Å². The molecule has 2 aromatic carbocycles. The lowest BCUT2D eigenvalue weighted by Gasteiger charge is -2.22. The van der Waals surface area contributed by atoms with Crippen molar-refractivity contribution in [3.05, 3.63) is 63.1 Å². The number of aliphatic carboxylic acids is 1. The van der Waals surface area contributed by atoms with E-state index in [0.717, 1.165) is 22.7 Å². The summed E-state index contributed by atoms with van der Waals surface area (Å²) in [6, 6.07) is 9.84. The summed E-state index contributed by atoms with van der Waals surface area (Å²) in [5.74, 6) is -0.180. The van der Waals surface area contributed by atoms with Crippen LogP contribution >= 0.6 is 27.3 Å². The molecule has 10 heteroatoms. The number of alkyl halides is 3. The number of ether oxygens (including phenoxy) is 2. The first kappa shape index (κ1) is 25.0. The second-order valence-electron chi connectivity index (χ2n) is 7.62. The minimum atomic E-state index is -4.38. The molecule has 0 aliphatic carbocycles. The fourth-order valence-electron chi connectivity index (χ4n) is 2.84. The molecule has 3 rings (SSSR count). The van der Waals surface area contributed by atoms with E-state index in [1.165, 1.54) is 37.3 Å². The van der Waals surface area contributed by atoms with Gasteiger partial charge in [0.1, 0.15) is 23.1 Å². The number of benzene rings is 2. The van der Waals surface area contributed by atoms with Crippen molar-refractivity contribution in [3.63, 3.8) is 0 Å². The predicted octanol–water partition coefficient (Wildman–Crippen LogP) is 6.97. The van der Waals surface area contributed by atoms with Crippen molar-refractivity contribution in [2.24, 2.45) is 0 Å². The number of carboxylic acids is 1. The minimum Gasteiger partial charge on any atom is -0.487 e. The van der Waals surface area contributed by atoms with Gasteiger partial charge in [-0.2, -0.15) is 13.2 Å². The molecular weight excluding hydrogens is 523 g/mol. The van der Waals surface area contributed by atoms with E-state index in [1.807, 2.05) is 6.92 Å². The number of carbonyl (C=O) groups is 1. The normalized spacial score (nSPS) is 12.0. The van der Waals surface area contributed by atoms with E-state index in [1.54, 1.807) is 18.2 Å². The zero-order chi connectivity index (χ0) is 24.4. The van der Waals surface area contributed by atoms with Gasteiger partial charge in [0, 0.05) is 5.56 Å². The summed E-state index contributed by atoms with van der Waals surface area (Å²) < 4.78 is 50.5. The van der Waals surface area contributed by atoms with Crippen LogP contribution in [0.15, 0.2) is 46.9 Å². The standard InChI is InChI=1S/C23H21BrF3NO4S/c1-4-17-19(33-20(28-17)13-5-7-14(8-6-13)23(25,26)27)12-31-18-10-9-15(11-16(18)24)32-22(2,3)21(29)30/h5-11H,4,12H2,1-3H3,(H,29,30). The molecule has 33 heavy (non-hydrogen) atoms. The Balaban J connectivity index is 1.74. The first-order valence-corrected chi connectivity index (χ1v) is 11.5. The SMILES string of the molecule is CCc1nc(-c2ccc(C(F)(F)F)cc2)sc1COc1ccc(OC(C)(C)C(=O)O)cc1Br. The molecule has 1 N–H and O–H groups in total. The van der Waals surface area contributed by atoms with Crippen LogP contribution in [-0.2, 0) is 24.0 Å². The lowest BCUT2D eigenvalue weighted by atomic mass is 10.1. The van der Waals surface area contributed by atoms with Crippen molar-refractivity contribution in [1.82, 2.24) is 4.98 Å². The highest BCUT2D eigenvalue weighted by Crippen LogP contribution is 2.35. The molecule has 5 nitrogen and oxygen atoms in total. The van der Waals surface area contributed by atoms with Gasteiger partial charge >= 0.3 is 12.1 Å². The van der Waals surface area contributed by atoms with Crippen molar-refractivity contribution in [3.8, 4) is 22.1 Å². The number of hydrogen-bond acceptors (Lipinski definition) is 5. The Morgan fingerprint density at radius 3 is 2.36 bits per heavy atom. The summed E-state index contributed by atoms with van der Waals surface area (Å²) in [5.41, 5.74) is -0.659. The van der Waals surface area contributed by atoms with Gasteiger partial charge in [0.15, 0.2) is 5.60 Å². The summed E-state index contributed by atoms with van der Waals surface area (Å²) in [7, 11) is 0. The van der Waals surface area contributed by atoms with Gasteiger partial charge in [-0.05, 0) is 66.5 Å². The monoisotopic (exact) mass is 543 g/mol. The average molecular weight is 544 g/mol. The Kier molecular flexibility index (Phi) is 7.38. The molecule has 0 spiro atoms. The molecule has 0 aliphatic heterocycles. The van der Waals surface area contributed by atoms with E-state index in [4.69, 9.17) is 9.47 Å². The second-order valence-corrected chi connectivity index (χ2v) is 9.55. The molecule has 3 aromatic rings. The number of aryl methyl sites for hydroxylation is 1. The highest BCUT2D eigenvalue weighted by molar-refractivity contribution is 9.10. The maximum Gasteiger partial charge on any atom is 0.416 e. The third-order valence-corrected chi connectivity index (χ3v) is 6.46. The van der Waals surface area contributed by atoms with Crippen LogP contribution in [0.2, 0.25) is 0 Å². The van der Waals surface area contributed by atoms with Gasteiger partial charge in [-0.3, -0.25) is 0 Å². The largest absolute Gasteiger partial charge is 0.487 e. The van der Waals surface area contributed by atoms with Crippen LogP contribution in [0.1, 0.15) is 36.9 Å². The molecule has 0 fully saturated rings. The van der Waals surface area contributed by atoms with Crippen molar-refractivity contribution < 1.29 is 32.5 Å². The number of rotatable bonds is 8. The number of carboxylic acid groups (broad SMARTS) is 1. The highest BCUT2D eigenvalue weighted by atomic mass is 79.9. The summed E-state index contributed by atoms with van der Waals surface area (Å²) in [6.07, 6.45) is -3.74. The van der Waals surface area contributed by atoms with Crippen LogP contribution in [-0.4, -0.2) is 21.7 Å². The number of nitrogens with zero attached hydrogens (tertiary/aromatic N) is 1. The van der Waals surface area contributed by atoms with Gasteiger partial charge in [-0.15, -0.1) is 11.3 Å². The van der Waals surface area contributed by atoms with E-state index in [9.17, 15) is 23.1 Å². The van der Waals surface area contributed by atoms with Crippen LogP contribution < -0.4 is 9.47 Å². The Bertz CT molecular complexity index is 1140. The number of hydrogen-bond donors (Lipinski definition) is 1. The molecule has 176 valence electrons. The lowest BCUT2D eigenvalue weighted by molar-refractivity contribution is -0.152. The van der Waals surface area contributed by atoms with Crippen LogP contribution in [0.25, 0.3) is 10.6 Å². The van der Waals surface area contributed by atoms with E-state index in [2.05, 4.69) is 20.9 Å². The van der Waals surface area contributed by atoms with Gasteiger partial charge in [0.05, 0.1) is 20.6 Å². The molecule has 0 bridgehead atoms. The van der Waals surface area contributed by atoms with Crippen LogP contribution in [0.3, 0.4) is 0 Å². The van der Waals surface area contributed by atoms with Gasteiger partial charge in [0.25, 0.3) is 0 Å². The molecule has 0 unspecified atom stereocenters. The Labute approximate surface area is 201 Å². The molecule has 0 aliphatic rings. The Morgan fingerprint density at radius 1 is 1.15 bits per heavy atom. The third-order valence-electron chi connectivity index (χ3n) is 4.72. The summed E-state index contributed by atoms with van der Waals surface area (Å²) in [5, 5.41) is 9.83. The first-order valence-electron chi connectivity index (χ1n) is 9.91. The quantitative estimate of drug-likeness (QED) is 0.332. The van der Waals surface area contributed by atoms with Crippen molar-refractivity contribution in [2.75, 3.05) is 0 Å². The zero-order valence-electron chi connectivity index (χ0n) is 18.0.